The quantitative estimate of drug-likeness (QED) is 0.291. The third-order valence-electron chi connectivity index (χ3n) is 1.81. The monoisotopic (exact) mass is 337 g/mol. The van der Waals surface area contributed by atoms with E-state index in [0.717, 1.165) is 18.2 Å². The van der Waals surface area contributed by atoms with Crippen LogP contribution < -0.4 is 0 Å². The largest absolute Gasteiger partial charge is 0.743 e. The summed E-state index contributed by atoms with van der Waals surface area (Å²) in [4.78, 5) is 10.6. The number of ether oxygens (including phenoxy) is 1. The Morgan fingerprint density at radius 1 is 1.24 bits per heavy atom. The molecule has 0 aromatic heterocycles. The lowest BCUT2D eigenvalue weighted by molar-refractivity contribution is -0.161. The minimum atomic E-state index is -6.02. The Morgan fingerprint density at radius 2 is 1.76 bits per heavy atom. The number of unbranched alkanes of at least 4 members (excludes halogenated alkanes) is 3. The van der Waals surface area contributed by atoms with Gasteiger partial charge in [0.25, 0.3) is 0 Å². The molecule has 0 aliphatic rings. The smallest absolute Gasteiger partial charge is 0.428 e. The van der Waals surface area contributed by atoms with Crippen molar-refractivity contribution in [3.63, 3.8) is 0 Å². The number of hydrogen-bond acceptors (Lipinski definition) is 5. The Balaban J connectivity index is 3.96. The minimum Gasteiger partial charge on any atom is -0.743 e. The summed E-state index contributed by atoms with van der Waals surface area (Å²) in [5.41, 5.74) is 0. The zero-order valence-electron chi connectivity index (χ0n) is 8.83. The molecule has 0 amide bonds. The number of esters is 1. The van der Waals surface area contributed by atoms with Gasteiger partial charge in [-0.15, -0.1) is 0 Å². The first-order chi connectivity index (χ1) is 7.73. The second-order valence-corrected chi connectivity index (χ2v) is 5.42. The summed E-state index contributed by atoms with van der Waals surface area (Å²) in [6.45, 7) is -0.327. The van der Waals surface area contributed by atoms with E-state index in [9.17, 15) is 26.5 Å². The first-order valence-corrected chi connectivity index (χ1v) is 7.33. The van der Waals surface area contributed by atoms with E-state index < -0.39 is 21.3 Å². The Labute approximate surface area is 106 Å². The van der Waals surface area contributed by atoms with Crippen LogP contribution in [0.1, 0.15) is 25.7 Å². The zero-order valence-corrected chi connectivity index (χ0v) is 11.2. The lowest BCUT2D eigenvalue weighted by atomic mass is 10.2. The molecule has 0 bridgehead atoms. The van der Waals surface area contributed by atoms with Crippen LogP contribution in [-0.2, 0) is 19.6 Å². The molecule has 0 atom stereocenters. The van der Waals surface area contributed by atoms with Crippen molar-refractivity contribution in [1.82, 2.24) is 0 Å². The third-order valence-corrected chi connectivity index (χ3v) is 3.17. The molecule has 0 spiro atoms. The molecule has 0 aromatic carbocycles. The van der Waals surface area contributed by atoms with E-state index in [-0.39, 0.29) is 6.61 Å². The van der Waals surface area contributed by atoms with Gasteiger partial charge in [-0.3, -0.25) is 0 Å². The van der Waals surface area contributed by atoms with E-state index in [1.807, 2.05) is 0 Å². The van der Waals surface area contributed by atoms with Gasteiger partial charge in [0.05, 0.1) is 6.61 Å². The summed E-state index contributed by atoms with van der Waals surface area (Å²) in [5, 5.41) is -4.19. The maximum absolute atomic E-state index is 12.6. The molecule has 0 fully saturated rings. The Hall–Kier alpha value is -0.280. The molecule has 0 unspecified atom stereocenters. The van der Waals surface area contributed by atoms with Gasteiger partial charge in [0, 0.05) is 5.33 Å². The molecule has 17 heavy (non-hydrogen) atoms. The fourth-order valence-electron chi connectivity index (χ4n) is 0.901. The molecule has 0 aromatic rings. The van der Waals surface area contributed by atoms with Crippen molar-refractivity contribution in [2.75, 3.05) is 11.9 Å². The van der Waals surface area contributed by atoms with E-state index in [1.54, 1.807) is 0 Å². The van der Waals surface area contributed by atoms with Crippen molar-refractivity contribution in [2.24, 2.45) is 0 Å². The van der Waals surface area contributed by atoms with E-state index in [1.165, 1.54) is 0 Å². The summed E-state index contributed by atoms with van der Waals surface area (Å²) in [7, 11) is -6.02. The highest BCUT2D eigenvalue weighted by molar-refractivity contribution is 9.09. The maximum Gasteiger partial charge on any atom is 0.428 e. The van der Waals surface area contributed by atoms with E-state index in [4.69, 9.17) is 0 Å². The highest BCUT2D eigenvalue weighted by Gasteiger charge is 2.48. The predicted molar refractivity (Wildman–Crippen MR) is 57.9 cm³/mol. The fourth-order valence-corrected chi connectivity index (χ4v) is 1.56. The summed E-state index contributed by atoms with van der Waals surface area (Å²) in [6, 6.07) is 0. The lowest BCUT2D eigenvalue weighted by Gasteiger charge is -2.17. The second-order valence-electron chi connectivity index (χ2n) is 3.21. The number of hydrogen-bond donors (Lipinski definition) is 0. The summed E-state index contributed by atoms with van der Waals surface area (Å²) in [6.07, 6.45) is 2.74. The standard InChI is InChI=1S/C8H13BrF2O5S/c9-5-3-1-2-4-6-16-7(12)8(10,11)17(13,14)15/h1-6H2,(H,13,14,15)/p-1. The minimum absolute atomic E-state index is 0.327. The van der Waals surface area contributed by atoms with Crippen LogP contribution in [-0.4, -0.2) is 36.1 Å². The van der Waals surface area contributed by atoms with E-state index >= 15 is 0 Å². The second kappa shape index (κ2) is 7.22. The highest BCUT2D eigenvalue weighted by Crippen LogP contribution is 2.22. The molecule has 5 nitrogen and oxygen atoms in total. The molecule has 0 aliphatic carbocycles. The molecule has 0 rings (SSSR count). The number of rotatable bonds is 8. The molecule has 9 heteroatoms. The SMILES string of the molecule is O=C(OCCCCCCBr)C(F)(F)S(=O)(=O)[O-]. The fraction of sp³-hybridized carbons (Fsp3) is 0.875. The molecule has 0 N–H and O–H groups in total. The van der Waals surface area contributed by atoms with Gasteiger partial charge in [-0.2, -0.15) is 8.78 Å². The van der Waals surface area contributed by atoms with Crippen LogP contribution in [0.2, 0.25) is 0 Å². The van der Waals surface area contributed by atoms with Crippen LogP contribution in [0.5, 0.6) is 0 Å². The summed E-state index contributed by atoms with van der Waals surface area (Å²) >= 11 is 3.20. The van der Waals surface area contributed by atoms with Gasteiger partial charge in [-0.05, 0) is 12.8 Å². The zero-order chi connectivity index (χ0) is 13.5. The average Bonchev–Trinajstić information content (AvgIpc) is 2.21. The predicted octanol–water partition coefficient (Wildman–Crippen LogP) is 1.62. The van der Waals surface area contributed by atoms with Crippen molar-refractivity contribution >= 4 is 32.0 Å². The van der Waals surface area contributed by atoms with Crippen LogP contribution in [0, 0.1) is 0 Å². The Kier molecular flexibility index (Phi) is 7.10. The summed E-state index contributed by atoms with van der Waals surface area (Å²) < 4.78 is 59.4. The Morgan fingerprint density at radius 3 is 2.24 bits per heavy atom. The van der Waals surface area contributed by atoms with Gasteiger partial charge >= 0.3 is 11.2 Å². The van der Waals surface area contributed by atoms with Crippen molar-refractivity contribution in [3.8, 4) is 0 Å². The van der Waals surface area contributed by atoms with Crippen LogP contribution in [0.4, 0.5) is 8.78 Å². The topological polar surface area (TPSA) is 83.5 Å². The molecule has 0 saturated heterocycles. The van der Waals surface area contributed by atoms with Gasteiger partial charge in [0.1, 0.15) is 0 Å². The van der Waals surface area contributed by atoms with E-state index in [0.29, 0.717) is 12.8 Å². The van der Waals surface area contributed by atoms with Crippen LogP contribution in [0.25, 0.3) is 0 Å². The molecule has 0 radical (unpaired) electrons. The first-order valence-electron chi connectivity index (χ1n) is 4.80. The van der Waals surface area contributed by atoms with Crippen molar-refractivity contribution in [2.45, 2.75) is 30.9 Å². The van der Waals surface area contributed by atoms with Crippen molar-refractivity contribution in [3.05, 3.63) is 0 Å². The normalized spacial score (nSPS) is 12.5. The average molecular weight is 338 g/mol. The van der Waals surface area contributed by atoms with Crippen molar-refractivity contribution < 1.29 is 31.3 Å². The van der Waals surface area contributed by atoms with Gasteiger partial charge in [0.15, 0.2) is 10.1 Å². The maximum atomic E-state index is 12.6. The highest BCUT2D eigenvalue weighted by atomic mass is 79.9. The molecule has 0 aliphatic heterocycles. The number of carbonyl (C=O) groups excluding carboxylic acids is 1. The van der Waals surface area contributed by atoms with Gasteiger partial charge in [0.2, 0.25) is 0 Å². The van der Waals surface area contributed by atoms with E-state index in [2.05, 4.69) is 20.7 Å². The lowest BCUT2D eigenvalue weighted by Crippen LogP contribution is -2.39. The van der Waals surface area contributed by atoms with Gasteiger partial charge < -0.3 is 9.29 Å². The molecular formula is C8H12BrF2O5S-. The van der Waals surface area contributed by atoms with Gasteiger partial charge in [-0.25, -0.2) is 13.2 Å². The molecule has 0 saturated carbocycles. The Bertz CT molecular complexity index is 344. The molecule has 0 heterocycles. The third kappa shape index (κ3) is 5.73. The van der Waals surface area contributed by atoms with Crippen LogP contribution >= 0.6 is 15.9 Å². The summed E-state index contributed by atoms with van der Waals surface area (Å²) in [5.74, 6) is -2.31. The van der Waals surface area contributed by atoms with Crippen molar-refractivity contribution in [1.29, 1.82) is 0 Å². The van der Waals surface area contributed by atoms with Gasteiger partial charge in [-0.1, -0.05) is 28.8 Å². The first kappa shape index (κ1) is 16.7. The number of halogens is 3. The number of alkyl halides is 3. The number of carbonyl (C=O) groups is 1. The molecular weight excluding hydrogens is 326 g/mol. The van der Waals surface area contributed by atoms with Crippen LogP contribution in [0.15, 0.2) is 0 Å². The van der Waals surface area contributed by atoms with Crippen LogP contribution in [0.3, 0.4) is 0 Å². The molecule has 102 valence electrons.